The topological polar surface area (TPSA) is 81.2 Å². The zero-order valence-corrected chi connectivity index (χ0v) is 17.5. The molecule has 0 bridgehead atoms. The monoisotopic (exact) mass is 485 g/mol. The number of aromatic nitrogens is 2. The molecule has 6 nitrogen and oxygen atoms in total. The summed E-state index contributed by atoms with van der Waals surface area (Å²) >= 11 is 0. The van der Waals surface area contributed by atoms with Gasteiger partial charge in [-0.1, -0.05) is 12.1 Å². The SMILES string of the molecule is COC(=O)[C@@H](Cc1cnc2ccccc2n1)NC(=O)Cc1cc(C(F)(F)F)cc(C(F)(F)F)c1. The molecule has 180 valence electrons. The normalized spacial score (nSPS) is 12.9. The predicted octanol–water partition coefficient (Wildman–Crippen LogP) is 4.11. The second kappa shape index (κ2) is 9.65. The van der Waals surface area contributed by atoms with Crippen LogP contribution in [0.2, 0.25) is 0 Å². The molecule has 3 aromatic rings. The number of halogens is 6. The van der Waals surface area contributed by atoms with Gasteiger partial charge in [-0.05, 0) is 35.9 Å². The van der Waals surface area contributed by atoms with E-state index in [2.05, 4.69) is 20.0 Å². The number of para-hydroxylation sites is 2. The van der Waals surface area contributed by atoms with Gasteiger partial charge in [-0.2, -0.15) is 26.3 Å². The highest BCUT2D eigenvalue weighted by atomic mass is 19.4. The quantitative estimate of drug-likeness (QED) is 0.420. The average Bonchev–Trinajstić information content (AvgIpc) is 2.76. The van der Waals surface area contributed by atoms with E-state index in [0.717, 1.165) is 7.11 Å². The van der Waals surface area contributed by atoms with Gasteiger partial charge in [0.25, 0.3) is 0 Å². The van der Waals surface area contributed by atoms with Gasteiger partial charge in [0.1, 0.15) is 6.04 Å². The molecule has 0 aliphatic carbocycles. The van der Waals surface area contributed by atoms with Crippen LogP contribution in [-0.2, 0) is 39.5 Å². The fourth-order valence-corrected chi connectivity index (χ4v) is 3.19. The molecular weight excluding hydrogens is 468 g/mol. The van der Waals surface area contributed by atoms with Crippen LogP contribution in [0.3, 0.4) is 0 Å². The number of nitrogens with zero attached hydrogens (tertiary/aromatic N) is 2. The van der Waals surface area contributed by atoms with E-state index in [1.807, 2.05) is 0 Å². The fourth-order valence-electron chi connectivity index (χ4n) is 3.19. The number of ether oxygens (including phenoxy) is 1. The van der Waals surface area contributed by atoms with Crippen LogP contribution in [0.25, 0.3) is 11.0 Å². The first-order valence-electron chi connectivity index (χ1n) is 9.73. The smallest absolute Gasteiger partial charge is 0.416 e. The standard InChI is InChI=1S/C22H17F6N3O3/c1-34-20(33)18(10-15-11-29-16-4-2-3-5-17(16)30-15)31-19(32)8-12-6-13(21(23,24)25)9-14(7-12)22(26,27)28/h2-7,9,11,18H,8,10H2,1H3,(H,31,32)/t18-/m1/s1. The molecule has 3 rings (SSSR count). The molecule has 1 atom stereocenters. The molecule has 0 fully saturated rings. The van der Waals surface area contributed by atoms with E-state index in [-0.39, 0.29) is 12.5 Å². The molecule has 1 heterocycles. The number of nitrogens with one attached hydrogen (secondary N) is 1. The maximum atomic E-state index is 13.0. The molecule has 0 saturated carbocycles. The third-order valence-electron chi connectivity index (χ3n) is 4.74. The minimum atomic E-state index is -5.05. The van der Waals surface area contributed by atoms with Crippen molar-refractivity contribution in [2.75, 3.05) is 7.11 Å². The van der Waals surface area contributed by atoms with Crippen LogP contribution in [0.4, 0.5) is 26.3 Å². The van der Waals surface area contributed by atoms with Crippen LogP contribution in [0.5, 0.6) is 0 Å². The minimum Gasteiger partial charge on any atom is -0.467 e. The lowest BCUT2D eigenvalue weighted by Crippen LogP contribution is -2.43. The predicted molar refractivity (Wildman–Crippen MR) is 107 cm³/mol. The molecule has 1 amide bonds. The molecular formula is C22H17F6N3O3. The van der Waals surface area contributed by atoms with Crippen molar-refractivity contribution in [1.82, 2.24) is 15.3 Å². The summed E-state index contributed by atoms with van der Waals surface area (Å²) in [6, 6.07) is 6.47. The van der Waals surface area contributed by atoms with Crippen molar-refractivity contribution in [2.45, 2.75) is 31.2 Å². The van der Waals surface area contributed by atoms with Crippen molar-refractivity contribution >= 4 is 22.9 Å². The Kier molecular flexibility index (Phi) is 7.08. The van der Waals surface area contributed by atoms with Gasteiger partial charge in [0.15, 0.2) is 0 Å². The molecule has 12 heteroatoms. The summed E-state index contributed by atoms with van der Waals surface area (Å²) in [6.07, 6.45) is -9.70. The van der Waals surface area contributed by atoms with E-state index in [1.165, 1.54) is 6.20 Å². The number of amides is 1. The van der Waals surface area contributed by atoms with E-state index in [9.17, 15) is 35.9 Å². The molecule has 0 unspecified atom stereocenters. The van der Waals surface area contributed by atoms with E-state index < -0.39 is 53.4 Å². The van der Waals surface area contributed by atoms with Gasteiger partial charge in [0.2, 0.25) is 5.91 Å². The first kappa shape index (κ1) is 24.9. The van der Waals surface area contributed by atoms with Gasteiger partial charge in [-0.15, -0.1) is 0 Å². The molecule has 0 aliphatic heterocycles. The number of carbonyl (C=O) groups excluding carboxylic acids is 2. The molecule has 2 aromatic carbocycles. The van der Waals surface area contributed by atoms with Crippen LogP contribution in [0.15, 0.2) is 48.7 Å². The van der Waals surface area contributed by atoms with Crippen molar-refractivity contribution in [1.29, 1.82) is 0 Å². The number of alkyl halides is 6. The van der Waals surface area contributed by atoms with Gasteiger partial charge >= 0.3 is 18.3 Å². The second-order valence-corrected chi connectivity index (χ2v) is 7.29. The number of fused-ring (bicyclic) bond motifs is 1. The first-order chi connectivity index (χ1) is 15.9. The Morgan fingerprint density at radius 2 is 1.56 bits per heavy atom. The molecule has 0 saturated heterocycles. The highest BCUT2D eigenvalue weighted by Crippen LogP contribution is 2.36. The highest BCUT2D eigenvalue weighted by Gasteiger charge is 2.37. The number of esters is 1. The Labute approximate surface area is 189 Å². The van der Waals surface area contributed by atoms with Crippen LogP contribution in [0.1, 0.15) is 22.4 Å². The number of hydrogen-bond acceptors (Lipinski definition) is 5. The van der Waals surface area contributed by atoms with Crippen LogP contribution in [-0.4, -0.2) is 35.0 Å². The fraction of sp³-hybridized carbons (Fsp3) is 0.273. The third-order valence-corrected chi connectivity index (χ3v) is 4.74. The van der Waals surface area contributed by atoms with Crippen LogP contribution in [0, 0.1) is 0 Å². The molecule has 34 heavy (non-hydrogen) atoms. The third kappa shape index (κ3) is 6.21. The van der Waals surface area contributed by atoms with Crippen molar-refractivity contribution < 1.29 is 40.7 Å². The Hall–Kier alpha value is -3.70. The number of carbonyl (C=O) groups is 2. The summed E-state index contributed by atoms with van der Waals surface area (Å²) in [5.41, 5.74) is -2.17. The lowest BCUT2D eigenvalue weighted by Gasteiger charge is -2.17. The molecule has 0 radical (unpaired) electrons. The largest absolute Gasteiger partial charge is 0.467 e. The van der Waals surface area contributed by atoms with Crippen LogP contribution >= 0.6 is 0 Å². The second-order valence-electron chi connectivity index (χ2n) is 7.29. The zero-order valence-electron chi connectivity index (χ0n) is 17.5. The Morgan fingerprint density at radius 3 is 2.12 bits per heavy atom. The molecule has 0 spiro atoms. The number of rotatable bonds is 6. The van der Waals surface area contributed by atoms with Gasteiger partial charge in [-0.25, -0.2) is 9.78 Å². The summed E-state index contributed by atoms with van der Waals surface area (Å²) in [5, 5.41) is 2.29. The average molecular weight is 485 g/mol. The van der Waals surface area contributed by atoms with E-state index >= 15 is 0 Å². The van der Waals surface area contributed by atoms with Gasteiger partial charge in [0.05, 0.1) is 41.4 Å². The van der Waals surface area contributed by atoms with Crippen LogP contribution < -0.4 is 5.32 Å². The summed E-state index contributed by atoms with van der Waals surface area (Å²) in [4.78, 5) is 33.1. The van der Waals surface area contributed by atoms with Gasteiger partial charge < -0.3 is 10.1 Å². The van der Waals surface area contributed by atoms with Crippen molar-refractivity contribution in [3.05, 3.63) is 71.0 Å². The maximum Gasteiger partial charge on any atom is 0.416 e. The van der Waals surface area contributed by atoms with Crippen molar-refractivity contribution in [3.8, 4) is 0 Å². The summed E-state index contributed by atoms with van der Waals surface area (Å²) < 4.78 is 82.9. The van der Waals surface area contributed by atoms with E-state index in [1.54, 1.807) is 24.3 Å². The number of benzene rings is 2. The summed E-state index contributed by atoms with van der Waals surface area (Å²) in [7, 11) is 1.07. The van der Waals surface area contributed by atoms with Crippen molar-refractivity contribution in [2.24, 2.45) is 0 Å². The molecule has 1 N–H and O–H groups in total. The molecule has 1 aromatic heterocycles. The van der Waals surface area contributed by atoms with E-state index in [0.29, 0.717) is 28.9 Å². The lowest BCUT2D eigenvalue weighted by atomic mass is 10.0. The lowest BCUT2D eigenvalue weighted by molar-refractivity contribution is -0.145. The zero-order chi connectivity index (χ0) is 25.1. The first-order valence-corrected chi connectivity index (χ1v) is 9.73. The minimum absolute atomic E-state index is 0.0307. The summed E-state index contributed by atoms with van der Waals surface area (Å²) in [5.74, 6) is -1.85. The van der Waals surface area contributed by atoms with Crippen molar-refractivity contribution in [3.63, 3.8) is 0 Å². The number of methoxy groups -OCH3 is 1. The van der Waals surface area contributed by atoms with Gasteiger partial charge in [0, 0.05) is 12.6 Å². The van der Waals surface area contributed by atoms with E-state index in [4.69, 9.17) is 0 Å². The number of hydrogen-bond donors (Lipinski definition) is 1. The maximum absolute atomic E-state index is 13.0. The highest BCUT2D eigenvalue weighted by molar-refractivity contribution is 5.86. The Balaban J connectivity index is 1.81. The van der Waals surface area contributed by atoms with Gasteiger partial charge in [-0.3, -0.25) is 9.78 Å². The summed E-state index contributed by atoms with van der Waals surface area (Å²) in [6.45, 7) is 0. The Morgan fingerprint density at radius 1 is 0.971 bits per heavy atom. The molecule has 0 aliphatic rings. The Bertz CT molecular complexity index is 1180.